The van der Waals surface area contributed by atoms with Gasteiger partial charge in [-0.2, -0.15) is 0 Å². The van der Waals surface area contributed by atoms with E-state index in [-0.39, 0.29) is 6.03 Å². The van der Waals surface area contributed by atoms with E-state index in [0.29, 0.717) is 44.3 Å². The Morgan fingerprint density at radius 1 is 1.07 bits per heavy atom. The number of fused-ring (bicyclic) bond motifs is 1. The van der Waals surface area contributed by atoms with Crippen LogP contribution >= 0.6 is 0 Å². The minimum absolute atomic E-state index is 0.114. The van der Waals surface area contributed by atoms with Crippen LogP contribution in [0.5, 0.6) is 11.5 Å². The van der Waals surface area contributed by atoms with Crippen LogP contribution in [0.1, 0.15) is 18.1 Å². The molecule has 1 aliphatic rings. The molecule has 0 saturated heterocycles. The highest BCUT2D eigenvalue weighted by Gasteiger charge is 2.21. The Labute approximate surface area is 160 Å². The number of rotatable bonds is 7. The lowest BCUT2D eigenvalue weighted by Crippen LogP contribution is -2.38. The highest BCUT2D eigenvalue weighted by molar-refractivity contribution is 5.89. The predicted molar refractivity (Wildman–Crippen MR) is 105 cm³/mol. The van der Waals surface area contributed by atoms with Gasteiger partial charge in [-0.15, -0.1) is 0 Å². The molecule has 0 atom stereocenters. The summed E-state index contributed by atoms with van der Waals surface area (Å²) in [5.74, 6) is 1.55. The number of nitrogens with one attached hydrogen (secondary N) is 1. The molecule has 0 aliphatic carbocycles. The smallest absolute Gasteiger partial charge is 0.322 e. The first-order valence-corrected chi connectivity index (χ1v) is 9.22. The molecule has 1 heterocycles. The van der Waals surface area contributed by atoms with Crippen molar-refractivity contribution in [3.05, 3.63) is 53.6 Å². The molecule has 27 heavy (non-hydrogen) atoms. The van der Waals surface area contributed by atoms with Gasteiger partial charge >= 0.3 is 6.03 Å². The molecule has 0 saturated carbocycles. The Bertz CT molecular complexity index is 779. The van der Waals surface area contributed by atoms with Crippen LogP contribution in [0.2, 0.25) is 0 Å². The third-order valence-corrected chi connectivity index (χ3v) is 4.43. The summed E-state index contributed by atoms with van der Waals surface area (Å²) in [5.41, 5.74) is 3.12. The molecule has 1 N–H and O–H groups in total. The minimum Gasteiger partial charge on any atom is -0.494 e. The van der Waals surface area contributed by atoms with Gasteiger partial charge in [-0.1, -0.05) is 12.1 Å². The number of hydrogen-bond acceptors (Lipinski definition) is 4. The fourth-order valence-electron chi connectivity index (χ4n) is 3.07. The monoisotopic (exact) mass is 370 g/mol. The standard InChI is InChI=1S/C21H26N2O4/c1-3-26-20-8-7-16-9-10-23(15-17(16)13-20)21(24)22-18-5-4-6-19(14-18)27-12-11-25-2/h4-8,13-14H,3,9-12,15H2,1-2H3,(H,22,24). The van der Waals surface area contributed by atoms with Crippen LogP contribution < -0.4 is 14.8 Å². The van der Waals surface area contributed by atoms with E-state index < -0.39 is 0 Å². The highest BCUT2D eigenvalue weighted by atomic mass is 16.5. The number of urea groups is 1. The van der Waals surface area contributed by atoms with Gasteiger partial charge in [0.15, 0.2) is 0 Å². The van der Waals surface area contributed by atoms with E-state index in [9.17, 15) is 4.79 Å². The normalized spacial score (nSPS) is 13.0. The molecular weight excluding hydrogens is 344 g/mol. The summed E-state index contributed by atoms with van der Waals surface area (Å²) < 4.78 is 16.1. The molecule has 0 fully saturated rings. The molecule has 1 aliphatic heterocycles. The lowest BCUT2D eigenvalue weighted by molar-refractivity contribution is 0.146. The summed E-state index contributed by atoms with van der Waals surface area (Å²) >= 11 is 0. The molecule has 2 aromatic rings. The number of ether oxygens (including phenoxy) is 3. The van der Waals surface area contributed by atoms with Gasteiger partial charge < -0.3 is 24.4 Å². The molecule has 2 amide bonds. The van der Waals surface area contributed by atoms with Gasteiger partial charge in [0.25, 0.3) is 0 Å². The quantitative estimate of drug-likeness (QED) is 0.755. The maximum absolute atomic E-state index is 12.7. The third-order valence-electron chi connectivity index (χ3n) is 4.43. The fourth-order valence-corrected chi connectivity index (χ4v) is 3.07. The molecule has 0 spiro atoms. The number of nitrogens with zero attached hydrogens (tertiary/aromatic N) is 1. The molecule has 0 unspecified atom stereocenters. The van der Waals surface area contributed by atoms with Crippen LogP contribution in [0.3, 0.4) is 0 Å². The van der Waals surface area contributed by atoms with Gasteiger partial charge in [-0.25, -0.2) is 4.79 Å². The molecular formula is C21H26N2O4. The van der Waals surface area contributed by atoms with Crippen LogP contribution in [-0.4, -0.2) is 44.4 Å². The van der Waals surface area contributed by atoms with Crippen molar-refractivity contribution in [1.82, 2.24) is 4.90 Å². The van der Waals surface area contributed by atoms with Gasteiger partial charge in [0.2, 0.25) is 0 Å². The van der Waals surface area contributed by atoms with Crippen LogP contribution in [0, 0.1) is 0 Å². The van der Waals surface area contributed by atoms with Crippen molar-refractivity contribution in [2.45, 2.75) is 19.9 Å². The van der Waals surface area contributed by atoms with Crippen molar-refractivity contribution in [3.8, 4) is 11.5 Å². The molecule has 0 radical (unpaired) electrons. The topological polar surface area (TPSA) is 60.0 Å². The van der Waals surface area contributed by atoms with E-state index in [4.69, 9.17) is 14.2 Å². The highest BCUT2D eigenvalue weighted by Crippen LogP contribution is 2.25. The summed E-state index contributed by atoms with van der Waals surface area (Å²) in [7, 11) is 1.63. The molecule has 2 aromatic carbocycles. The maximum atomic E-state index is 12.7. The van der Waals surface area contributed by atoms with Gasteiger partial charge in [-0.3, -0.25) is 0 Å². The Morgan fingerprint density at radius 2 is 1.93 bits per heavy atom. The SMILES string of the molecule is CCOc1ccc2c(c1)CN(C(=O)Nc1cccc(OCCOC)c1)CC2. The zero-order chi connectivity index (χ0) is 19.1. The van der Waals surface area contributed by atoms with Crippen molar-refractivity contribution < 1.29 is 19.0 Å². The van der Waals surface area contributed by atoms with E-state index in [1.54, 1.807) is 7.11 Å². The number of carbonyl (C=O) groups is 1. The van der Waals surface area contributed by atoms with Crippen molar-refractivity contribution in [3.63, 3.8) is 0 Å². The van der Waals surface area contributed by atoms with Crippen molar-refractivity contribution in [1.29, 1.82) is 0 Å². The molecule has 144 valence electrons. The average molecular weight is 370 g/mol. The van der Waals surface area contributed by atoms with E-state index in [2.05, 4.69) is 11.4 Å². The van der Waals surface area contributed by atoms with Gasteiger partial charge in [0.05, 0.1) is 13.2 Å². The van der Waals surface area contributed by atoms with Gasteiger partial charge in [-0.05, 0) is 48.7 Å². The van der Waals surface area contributed by atoms with Crippen LogP contribution in [0.15, 0.2) is 42.5 Å². The van der Waals surface area contributed by atoms with E-state index in [1.165, 1.54) is 5.56 Å². The number of carbonyl (C=O) groups excluding carboxylic acids is 1. The zero-order valence-corrected chi connectivity index (χ0v) is 15.9. The average Bonchev–Trinajstić information content (AvgIpc) is 2.68. The number of hydrogen-bond donors (Lipinski definition) is 1. The van der Waals surface area contributed by atoms with Crippen LogP contribution in [0.4, 0.5) is 10.5 Å². The number of amides is 2. The third kappa shape index (κ3) is 5.14. The lowest BCUT2D eigenvalue weighted by atomic mass is 10.00. The largest absolute Gasteiger partial charge is 0.494 e. The second-order valence-corrected chi connectivity index (χ2v) is 6.33. The number of benzene rings is 2. The molecule has 6 nitrogen and oxygen atoms in total. The second-order valence-electron chi connectivity index (χ2n) is 6.33. The second kappa shape index (κ2) is 9.28. The summed E-state index contributed by atoms with van der Waals surface area (Å²) in [5, 5.41) is 2.96. The molecule has 0 aromatic heterocycles. The maximum Gasteiger partial charge on any atom is 0.322 e. The number of anilines is 1. The lowest BCUT2D eigenvalue weighted by Gasteiger charge is -2.29. The van der Waals surface area contributed by atoms with E-state index in [1.807, 2.05) is 48.2 Å². The van der Waals surface area contributed by atoms with E-state index in [0.717, 1.165) is 17.7 Å². The Morgan fingerprint density at radius 3 is 2.74 bits per heavy atom. The molecule has 3 rings (SSSR count). The van der Waals surface area contributed by atoms with Gasteiger partial charge in [0.1, 0.15) is 18.1 Å². The zero-order valence-electron chi connectivity index (χ0n) is 15.9. The van der Waals surface area contributed by atoms with Crippen molar-refractivity contribution >= 4 is 11.7 Å². The fraction of sp³-hybridized carbons (Fsp3) is 0.381. The first-order chi connectivity index (χ1) is 13.2. The summed E-state index contributed by atoms with van der Waals surface area (Å²) in [6.07, 6.45) is 0.843. The van der Waals surface area contributed by atoms with Crippen molar-refractivity contribution in [2.24, 2.45) is 0 Å². The molecule has 6 heteroatoms. The van der Waals surface area contributed by atoms with Crippen LogP contribution in [0.25, 0.3) is 0 Å². The molecule has 0 bridgehead atoms. The Hall–Kier alpha value is -2.73. The number of methoxy groups -OCH3 is 1. The minimum atomic E-state index is -0.114. The van der Waals surface area contributed by atoms with Crippen LogP contribution in [-0.2, 0) is 17.7 Å². The van der Waals surface area contributed by atoms with E-state index >= 15 is 0 Å². The first-order valence-electron chi connectivity index (χ1n) is 9.22. The summed E-state index contributed by atoms with van der Waals surface area (Å²) in [4.78, 5) is 14.5. The first kappa shape index (κ1) is 19.0. The van der Waals surface area contributed by atoms with Gasteiger partial charge in [0, 0.05) is 32.0 Å². The summed E-state index contributed by atoms with van der Waals surface area (Å²) in [6.45, 7) is 4.85. The van der Waals surface area contributed by atoms with Crippen molar-refractivity contribution in [2.75, 3.05) is 38.8 Å². The summed E-state index contributed by atoms with van der Waals surface area (Å²) in [6, 6.07) is 13.4. The predicted octanol–water partition coefficient (Wildman–Crippen LogP) is 3.70. The Balaban J connectivity index is 1.62. The Kier molecular flexibility index (Phi) is 6.54.